The predicted molar refractivity (Wildman–Crippen MR) is 86.0 cm³/mol. The summed E-state index contributed by atoms with van der Waals surface area (Å²) >= 11 is 5.62. The molecule has 0 spiro atoms. The van der Waals surface area contributed by atoms with E-state index in [1.54, 1.807) is 11.0 Å². The van der Waals surface area contributed by atoms with Gasteiger partial charge < -0.3 is 15.0 Å². The van der Waals surface area contributed by atoms with Crippen molar-refractivity contribution in [2.45, 2.75) is 26.2 Å². The molecule has 5 nitrogen and oxygen atoms in total. The van der Waals surface area contributed by atoms with Crippen LogP contribution in [-0.2, 0) is 9.53 Å². The fourth-order valence-electron chi connectivity index (χ4n) is 2.46. The molecular formula is C16H20ClFN2O3. The number of hydrogen-bond acceptors (Lipinski definition) is 3. The van der Waals surface area contributed by atoms with E-state index < -0.39 is 5.82 Å². The second-order valence-corrected chi connectivity index (χ2v) is 5.92. The van der Waals surface area contributed by atoms with Gasteiger partial charge >= 0.3 is 6.09 Å². The molecule has 0 aliphatic carbocycles. The van der Waals surface area contributed by atoms with Crippen molar-refractivity contribution >= 4 is 29.3 Å². The molecule has 1 atom stereocenters. The minimum absolute atomic E-state index is 0.00510. The van der Waals surface area contributed by atoms with E-state index in [0.717, 1.165) is 12.8 Å². The van der Waals surface area contributed by atoms with Crippen molar-refractivity contribution < 1.29 is 18.7 Å². The smallest absolute Gasteiger partial charge is 0.409 e. The van der Waals surface area contributed by atoms with Gasteiger partial charge in [0.1, 0.15) is 5.82 Å². The van der Waals surface area contributed by atoms with E-state index in [1.165, 1.54) is 12.1 Å². The average Bonchev–Trinajstić information content (AvgIpc) is 2.56. The van der Waals surface area contributed by atoms with Gasteiger partial charge in [-0.15, -0.1) is 0 Å². The molecule has 2 rings (SSSR count). The van der Waals surface area contributed by atoms with E-state index in [2.05, 4.69) is 5.32 Å². The van der Waals surface area contributed by atoms with Crippen LogP contribution in [0.2, 0.25) is 5.02 Å². The van der Waals surface area contributed by atoms with E-state index in [1.807, 2.05) is 6.92 Å². The number of amides is 2. The predicted octanol–water partition coefficient (Wildman–Crippen LogP) is 3.68. The standard InChI is InChI=1S/C16H20ClFN2O3/c1-2-8-23-16(22)20-7-3-4-11(10-20)15(21)19-12-5-6-13(17)14(18)9-12/h5-6,9,11H,2-4,7-8,10H2,1H3,(H,19,21)/t11-/m0/s1. The topological polar surface area (TPSA) is 58.6 Å². The summed E-state index contributed by atoms with van der Waals surface area (Å²) in [6, 6.07) is 4.11. The molecular weight excluding hydrogens is 323 g/mol. The number of piperidine rings is 1. The van der Waals surface area contributed by atoms with Crippen molar-refractivity contribution in [3.05, 3.63) is 29.0 Å². The SMILES string of the molecule is CCCOC(=O)N1CCC[C@H](C(=O)Nc2ccc(Cl)c(F)c2)C1. The quantitative estimate of drug-likeness (QED) is 0.908. The molecule has 1 heterocycles. The highest BCUT2D eigenvalue weighted by atomic mass is 35.5. The van der Waals surface area contributed by atoms with E-state index >= 15 is 0 Å². The van der Waals surface area contributed by atoms with Crippen LogP contribution in [0, 0.1) is 11.7 Å². The Hall–Kier alpha value is -1.82. The molecule has 1 saturated heterocycles. The maximum Gasteiger partial charge on any atom is 0.409 e. The van der Waals surface area contributed by atoms with Gasteiger partial charge in [-0.05, 0) is 37.5 Å². The Bertz CT molecular complexity index is 582. The number of hydrogen-bond donors (Lipinski definition) is 1. The third-order valence-corrected chi connectivity index (χ3v) is 3.97. The normalized spacial score (nSPS) is 17.7. The molecule has 0 bridgehead atoms. The summed E-state index contributed by atoms with van der Waals surface area (Å²) in [4.78, 5) is 25.7. The maximum atomic E-state index is 13.4. The lowest BCUT2D eigenvalue weighted by atomic mass is 9.97. The fourth-order valence-corrected chi connectivity index (χ4v) is 2.57. The first-order chi connectivity index (χ1) is 11.0. The van der Waals surface area contributed by atoms with Crippen LogP contribution in [0.5, 0.6) is 0 Å². The second kappa shape index (κ2) is 8.15. The molecule has 1 aromatic rings. The van der Waals surface area contributed by atoms with E-state index in [4.69, 9.17) is 16.3 Å². The van der Waals surface area contributed by atoms with Gasteiger partial charge in [0.25, 0.3) is 0 Å². The van der Waals surface area contributed by atoms with Gasteiger partial charge in [0.2, 0.25) is 5.91 Å². The molecule has 0 unspecified atom stereocenters. The number of nitrogens with zero attached hydrogens (tertiary/aromatic N) is 1. The second-order valence-electron chi connectivity index (χ2n) is 5.52. The Morgan fingerprint density at radius 3 is 2.96 bits per heavy atom. The fraction of sp³-hybridized carbons (Fsp3) is 0.500. The highest BCUT2D eigenvalue weighted by Crippen LogP contribution is 2.22. The molecule has 0 radical (unpaired) electrons. The first-order valence-corrected chi connectivity index (χ1v) is 8.06. The number of nitrogens with one attached hydrogen (secondary N) is 1. The molecule has 1 aromatic carbocycles. The van der Waals surface area contributed by atoms with Crippen LogP contribution in [-0.4, -0.2) is 36.6 Å². The summed E-state index contributed by atoms with van der Waals surface area (Å²) in [5, 5.41) is 2.67. The zero-order chi connectivity index (χ0) is 16.8. The van der Waals surface area contributed by atoms with E-state index in [9.17, 15) is 14.0 Å². The molecule has 1 aliphatic rings. The molecule has 1 N–H and O–H groups in total. The lowest BCUT2D eigenvalue weighted by molar-refractivity contribution is -0.121. The number of likely N-dealkylation sites (tertiary alicyclic amines) is 1. The number of carbonyl (C=O) groups is 2. The Morgan fingerprint density at radius 2 is 2.26 bits per heavy atom. The summed E-state index contributed by atoms with van der Waals surface area (Å²) in [6.07, 6.45) is 1.78. The van der Waals surface area contributed by atoms with Gasteiger partial charge in [0.15, 0.2) is 0 Å². The first-order valence-electron chi connectivity index (χ1n) is 7.69. The van der Waals surface area contributed by atoms with Crippen LogP contribution >= 0.6 is 11.6 Å². The van der Waals surface area contributed by atoms with Gasteiger partial charge in [0, 0.05) is 18.8 Å². The number of halogens is 2. The van der Waals surface area contributed by atoms with E-state index in [0.29, 0.717) is 31.8 Å². The van der Waals surface area contributed by atoms with Crippen molar-refractivity contribution in [3.63, 3.8) is 0 Å². The number of anilines is 1. The Labute approximate surface area is 139 Å². The Balaban J connectivity index is 1.93. The van der Waals surface area contributed by atoms with Gasteiger partial charge in [-0.3, -0.25) is 4.79 Å². The maximum absolute atomic E-state index is 13.4. The zero-order valence-corrected chi connectivity index (χ0v) is 13.7. The Morgan fingerprint density at radius 1 is 1.48 bits per heavy atom. The lowest BCUT2D eigenvalue weighted by Gasteiger charge is -2.31. The largest absolute Gasteiger partial charge is 0.449 e. The van der Waals surface area contributed by atoms with Crippen molar-refractivity contribution in [3.8, 4) is 0 Å². The third-order valence-electron chi connectivity index (χ3n) is 3.67. The molecule has 1 aliphatic heterocycles. The monoisotopic (exact) mass is 342 g/mol. The molecule has 0 aromatic heterocycles. The van der Waals surface area contributed by atoms with Crippen molar-refractivity contribution in [2.75, 3.05) is 25.0 Å². The highest BCUT2D eigenvalue weighted by molar-refractivity contribution is 6.30. The molecule has 23 heavy (non-hydrogen) atoms. The van der Waals surface area contributed by atoms with Crippen LogP contribution in [0.1, 0.15) is 26.2 Å². The summed E-state index contributed by atoms with van der Waals surface area (Å²) in [6.45, 7) is 3.19. The van der Waals surface area contributed by atoms with Gasteiger partial charge in [-0.25, -0.2) is 9.18 Å². The van der Waals surface area contributed by atoms with Crippen LogP contribution in [0.3, 0.4) is 0 Å². The summed E-state index contributed by atoms with van der Waals surface area (Å²) in [5.41, 5.74) is 0.350. The first kappa shape index (κ1) is 17.5. The van der Waals surface area contributed by atoms with Crippen LogP contribution in [0.15, 0.2) is 18.2 Å². The number of ether oxygens (including phenoxy) is 1. The van der Waals surface area contributed by atoms with Gasteiger partial charge in [-0.2, -0.15) is 0 Å². The summed E-state index contributed by atoms with van der Waals surface area (Å²) < 4.78 is 18.5. The number of benzene rings is 1. The molecule has 126 valence electrons. The van der Waals surface area contributed by atoms with Gasteiger partial charge in [-0.1, -0.05) is 18.5 Å². The minimum Gasteiger partial charge on any atom is -0.449 e. The molecule has 0 saturated carbocycles. The zero-order valence-electron chi connectivity index (χ0n) is 13.0. The molecule has 1 fully saturated rings. The molecule has 2 amide bonds. The van der Waals surface area contributed by atoms with Crippen LogP contribution in [0.4, 0.5) is 14.9 Å². The van der Waals surface area contributed by atoms with Crippen molar-refractivity contribution in [2.24, 2.45) is 5.92 Å². The van der Waals surface area contributed by atoms with Crippen molar-refractivity contribution in [1.82, 2.24) is 4.90 Å². The average molecular weight is 343 g/mol. The van der Waals surface area contributed by atoms with E-state index in [-0.39, 0.29) is 22.9 Å². The highest BCUT2D eigenvalue weighted by Gasteiger charge is 2.29. The Kier molecular flexibility index (Phi) is 6.21. The number of carbonyl (C=O) groups excluding carboxylic acids is 2. The summed E-state index contributed by atoms with van der Waals surface area (Å²) in [7, 11) is 0. The minimum atomic E-state index is -0.585. The third kappa shape index (κ3) is 4.82. The van der Waals surface area contributed by atoms with Crippen molar-refractivity contribution in [1.29, 1.82) is 0 Å². The molecule has 7 heteroatoms. The van der Waals surface area contributed by atoms with Gasteiger partial charge in [0.05, 0.1) is 17.5 Å². The number of rotatable bonds is 4. The summed E-state index contributed by atoms with van der Waals surface area (Å²) in [5.74, 6) is -1.16. The van der Waals surface area contributed by atoms with Crippen LogP contribution in [0.25, 0.3) is 0 Å². The van der Waals surface area contributed by atoms with Crippen LogP contribution < -0.4 is 5.32 Å². The lowest BCUT2D eigenvalue weighted by Crippen LogP contribution is -2.44.